The first kappa shape index (κ1) is 23.6. The molecule has 1 aromatic carbocycles. The fourth-order valence-corrected chi connectivity index (χ4v) is 2.99. The van der Waals surface area contributed by atoms with Crippen LogP contribution in [0.4, 0.5) is 0 Å². The highest BCUT2D eigenvalue weighted by molar-refractivity contribution is 14.0. The van der Waals surface area contributed by atoms with Crippen molar-refractivity contribution in [2.45, 2.75) is 38.8 Å². The molecular weight excluding hydrogens is 461 g/mol. The SMILES string of the molecule is CCNC(=NCc1cc(OC)c(OC)c(OC)c1)NCC1(C)CCCO1.I. The monoisotopic (exact) mass is 493 g/mol. The summed E-state index contributed by atoms with van der Waals surface area (Å²) in [7, 11) is 4.81. The normalized spacial score (nSPS) is 19.2. The smallest absolute Gasteiger partial charge is 0.203 e. The summed E-state index contributed by atoms with van der Waals surface area (Å²) < 4.78 is 22.0. The van der Waals surface area contributed by atoms with Crippen molar-refractivity contribution in [3.05, 3.63) is 17.7 Å². The number of rotatable bonds is 8. The molecule has 1 aromatic rings. The van der Waals surface area contributed by atoms with Gasteiger partial charge in [-0.25, -0.2) is 4.99 Å². The molecule has 27 heavy (non-hydrogen) atoms. The molecule has 1 saturated heterocycles. The highest BCUT2D eigenvalue weighted by Crippen LogP contribution is 2.38. The third kappa shape index (κ3) is 6.60. The first-order valence-electron chi connectivity index (χ1n) is 9.00. The van der Waals surface area contributed by atoms with Crippen molar-refractivity contribution in [2.75, 3.05) is 41.0 Å². The van der Waals surface area contributed by atoms with Gasteiger partial charge >= 0.3 is 0 Å². The maximum atomic E-state index is 5.83. The highest BCUT2D eigenvalue weighted by Gasteiger charge is 2.29. The zero-order chi connectivity index (χ0) is 19.0. The number of methoxy groups -OCH3 is 3. The number of hydrogen-bond donors (Lipinski definition) is 2. The van der Waals surface area contributed by atoms with E-state index in [1.54, 1.807) is 21.3 Å². The second-order valence-corrected chi connectivity index (χ2v) is 6.48. The lowest BCUT2D eigenvalue weighted by atomic mass is 10.0. The van der Waals surface area contributed by atoms with Crippen molar-refractivity contribution in [3.63, 3.8) is 0 Å². The third-order valence-corrected chi connectivity index (χ3v) is 4.42. The van der Waals surface area contributed by atoms with Gasteiger partial charge in [0.15, 0.2) is 17.5 Å². The summed E-state index contributed by atoms with van der Waals surface area (Å²) >= 11 is 0. The zero-order valence-corrected chi connectivity index (χ0v) is 19.2. The topological polar surface area (TPSA) is 73.3 Å². The molecule has 1 aliphatic rings. The molecule has 0 bridgehead atoms. The van der Waals surface area contributed by atoms with Gasteiger partial charge in [0.25, 0.3) is 0 Å². The van der Waals surface area contributed by atoms with Crippen molar-refractivity contribution in [1.29, 1.82) is 0 Å². The van der Waals surface area contributed by atoms with E-state index in [-0.39, 0.29) is 29.6 Å². The fraction of sp³-hybridized carbons (Fsp3) is 0.632. The maximum Gasteiger partial charge on any atom is 0.203 e. The molecule has 1 aliphatic heterocycles. The molecule has 154 valence electrons. The quantitative estimate of drug-likeness (QED) is 0.330. The highest BCUT2D eigenvalue weighted by atomic mass is 127. The summed E-state index contributed by atoms with van der Waals surface area (Å²) in [5, 5.41) is 6.65. The first-order valence-corrected chi connectivity index (χ1v) is 9.00. The van der Waals surface area contributed by atoms with Crippen LogP contribution < -0.4 is 24.8 Å². The Labute approximate surface area is 179 Å². The number of aliphatic imine (C=N–C) groups is 1. The van der Waals surface area contributed by atoms with E-state index in [0.717, 1.165) is 44.1 Å². The van der Waals surface area contributed by atoms with E-state index >= 15 is 0 Å². The lowest BCUT2D eigenvalue weighted by Crippen LogP contribution is -2.45. The Morgan fingerprint density at radius 1 is 1.15 bits per heavy atom. The largest absolute Gasteiger partial charge is 0.493 e. The second-order valence-electron chi connectivity index (χ2n) is 6.48. The van der Waals surface area contributed by atoms with Crippen LogP contribution in [0, 0.1) is 0 Å². The molecule has 1 fully saturated rings. The number of benzene rings is 1. The van der Waals surface area contributed by atoms with Crippen molar-refractivity contribution in [1.82, 2.24) is 10.6 Å². The predicted octanol–water partition coefficient (Wildman–Crippen LogP) is 2.95. The number of nitrogens with one attached hydrogen (secondary N) is 2. The average Bonchev–Trinajstić information content (AvgIpc) is 3.09. The molecule has 8 heteroatoms. The van der Waals surface area contributed by atoms with E-state index in [1.165, 1.54) is 0 Å². The summed E-state index contributed by atoms with van der Waals surface area (Å²) in [6.07, 6.45) is 2.17. The molecular formula is C19H32IN3O4. The number of ether oxygens (including phenoxy) is 4. The molecule has 2 N–H and O–H groups in total. The van der Waals surface area contributed by atoms with E-state index in [2.05, 4.69) is 22.5 Å². The van der Waals surface area contributed by atoms with Gasteiger partial charge in [0.1, 0.15) is 0 Å². The molecule has 0 aromatic heterocycles. The Bertz CT molecular complexity index is 594. The zero-order valence-electron chi connectivity index (χ0n) is 16.9. The Hall–Kier alpha value is -1.42. The van der Waals surface area contributed by atoms with E-state index in [4.69, 9.17) is 18.9 Å². The summed E-state index contributed by atoms with van der Waals surface area (Å²) in [5.41, 5.74) is 0.850. The standard InChI is InChI=1S/C19H31N3O4.HI/c1-6-20-18(22-13-19(2)8-7-9-26-19)21-12-14-10-15(23-3)17(25-5)16(11-14)24-4;/h10-11H,6-9,12-13H2,1-5H3,(H2,20,21,22);1H. The first-order chi connectivity index (χ1) is 12.5. The molecule has 1 heterocycles. The van der Waals surface area contributed by atoms with Crippen LogP contribution in [0.5, 0.6) is 17.2 Å². The van der Waals surface area contributed by atoms with Crippen molar-refractivity contribution in [2.24, 2.45) is 4.99 Å². The van der Waals surface area contributed by atoms with Crippen molar-refractivity contribution in [3.8, 4) is 17.2 Å². The number of halogens is 1. The Morgan fingerprint density at radius 2 is 1.81 bits per heavy atom. The summed E-state index contributed by atoms with van der Waals surface area (Å²) in [6, 6.07) is 3.83. The molecule has 1 unspecified atom stereocenters. The summed E-state index contributed by atoms with van der Waals surface area (Å²) in [5.74, 6) is 2.60. The molecule has 0 radical (unpaired) electrons. The van der Waals surface area contributed by atoms with Crippen LogP contribution in [-0.4, -0.2) is 52.6 Å². The molecule has 0 aliphatic carbocycles. The lowest BCUT2D eigenvalue weighted by Gasteiger charge is -2.24. The second kappa shape index (κ2) is 11.4. The number of nitrogens with zero attached hydrogens (tertiary/aromatic N) is 1. The van der Waals surface area contributed by atoms with Gasteiger partial charge in [-0.3, -0.25) is 0 Å². The molecule has 0 amide bonds. The van der Waals surface area contributed by atoms with Gasteiger partial charge < -0.3 is 29.6 Å². The van der Waals surface area contributed by atoms with Crippen LogP contribution >= 0.6 is 24.0 Å². The van der Waals surface area contributed by atoms with Crippen LogP contribution in [0.25, 0.3) is 0 Å². The van der Waals surface area contributed by atoms with Crippen LogP contribution in [0.1, 0.15) is 32.3 Å². The minimum atomic E-state index is -0.122. The van der Waals surface area contributed by atoms with E-state index in [9.17, 15) is 0 Å². The Morgan fingerprint density at radius 3 is 2.30 bits per heavy atom. The molecule has 1 atom stereocenters. The molecule has 0 saturated carbocycles. The maximum absolute atomic E-state index is 5.83. The van der Waals surface area contributed by atoms with E-state index in [1.807, 2.05) is 19.1 Å². The molecule has 0 spiro atoms. The Balaban J connectivity index is 0.00000364. The van der Waals surface area contributed by atoms with Crippen LogP contribution in [0.2, 0.25) is 0 Å². The van der Waals surface area contributed by atoms with Crippen molar-refractivity contribution >= 4 is 29.9 Å². The van der Waals surface area contributed by atoms with Gasteiger partial charge in [-0.2, -0.15) is 0 Å². The predicted molar refractivity (Wildman–Crippen MR) is 118 cm³/mol. The molecule has 7 nitrogen and oxygen atoms in total. The van der Waals surface area contributed by atoms with Crippen LogP contribution in [-0.2, 0) is 11.3 Å². The van der Waals surface area contributed by atoms with Gasteiger partial charge in [0, 0.05) is 19.7 Å². The lowest BCUT2D eigenvalue weighted by molar-refractivity contribution is 0.0243. The third-order valence-electron chi connectivity index (χ3n) is 4.42. The van der Waals surface area contributed by atoms with Gasteiger partial charge in [-0.05, 0) is 44.4 Å². The van der Waals surface area contributed by atoms with E-state index < -0.39 is 0 Å². The van der Waals surface area contributed by atoms with Gasteiger partial charge in [0.05, 0.1) is 33.5 Å². The van der Waals surface area contributed by atoms with Crippen LogP contribution in [0.3, 0.4) is 0 Å². The number of guanidine groups is 1. The van der Waals surface area contributed by atoms with Crippen molar-refractivity contribution < 1.29 is 18.9 Å². The van der Waals surface area contributed by atoms with Crippen LogP contribution in [0.15, 0.2) is 17.1 Å². The average molecular weight is 493 g/mol. The minimum Gasteiger partial charge on any atom is -0.493 e. The fourth-order valence-electron chi connectivity index (χ4n) is 2.99. The number of hydrogen-bond acceptors (Lipinski definition) is 5. The van der Waals surface area contributed by atoms with Gasteiger partial charge in [-0.15, -0.1) is 24.0 Å². The van der Waals surface area contributed by atoms with E-state index in [0.29, 0.717) is 23.8 Å². The van der Waals surface area contributed by atoms with Gasteiger partial charge in [0.2, 0.25) is 5.75 Å². The summed E-state index contributed by atoms with van der Waals surface area (Å²) in [4.78, 5) is 4.67. The molecule has 2 rings (SSSR count). The Kier molecular flexibility index (Phi) is 10.00. The minimum absolute atomic E-state index is 0. The van der Waals surface area contributed by atoms with Gasteiger partial charge in [-0.1, -0.05) is 0 Å². The summed E-state index contributed by atoms with van der Waals surface area (Å²) in [6.45, 7) is 7.02.